The summed E-state index contributed by atoms with van der Waals surface area (Å²) in [6, 6.07) is 11.9. The molecule has 7 heteroatoms. The second-order valence-corrected chi connectivity index (χ2v) is 6.00. The Balaban J connectivity index is 2.19. The first-order valence-electron chi connectivity index (χ1n) is 6.20. The number of methoxy groups -OCH3 is 1. The van der Waals surface area contributed by atoms with E-state index in [2.05, 4.69) is 5.32 Å². The molecule has 0 heterocycles. The Morgan fingerprint density at radius 2 is 1.90 bits per heavy atom. The third kappa shape index (κ3) is 3.65. The molecule has 0 aliphatic carbocycles. The van der Waals surface area contributed by atoms with Crippen LogP contribution in [0.4, 0.5) is 11.4 Å². The minimum absolute atomic E-state index is 0.0616. The van der Waals surface area contributed by atoms with Gasteiger partial charge in [-0.25, -0.2) is 13.6 Å². The minimum Gasteiger partial charge on any atom is -0.495 e. The standard InChI is InChI=1S/C14H17N3O3S/c1-20-13-7-6-10(8-11(13)15)9-17-12-4-2-3-5-14(12)21(16,18)19/h2-8,17H,9,15H2,1H3,(H2,16,18,19). The predicted molar refractivity (Wildman–Crippen MR) is 82.5 cm³/mol. The van der Waals surface area contributed by atoms with Crippen molar-refractivity contribution in [1.82, 2.24) is 0 Å². The van der Waals surface area contributed by atoms with Crippen LogP contribution >= 0.6 is 0 Å². The summed E-state index contributed by atoms with van der Waals surface area (Å²) in [6.07, 6.45) is 0. The molecule has 0 bridgehead atoms. The van der Waals surface area contributed by atoms with Crippen molar-refractivity contribution in [1.29, 1.82) is 0 Å². The van der Waals surface area contributed by atoms with Crippen molar-refractivity contribution in [2.24, 2.45) is 5.14 Å². The maximum Gasteiger partial charge on any atom is 0.240 e. The van der Waals surface area contributed by atoms with Crippen molar-refractivity contribution in [2.75, 3.05) is 18.2 Å². The number of hydrogen-bond donors (Lipinski definition) is 3. The van der Waals surface area contributed by atoms with Gasteiger partial charge in [0.1, 0.15) is 10.6 Å². The average Bonchev–Trinajstić information content (AvgIpc) is 2.44. The Labute approximate surface area is 123 Å². The van der Waals surface area contributed by atoms with Gasteiger partial charge in [0.05, 0.1) is 18.5 Å². The summed E-state index contributed by atoms with van der Waals surface area (Å²) in [4.78, 5) is 0.0616. The van der Waals surface area contributed by atoms with Crippen molar-refractivity contribution in [2.45, 2.75) is 11.4 Å². The van der Waals surface area contributed by atoms with Crippen LogP contribution < -0.4 is 20.9 Å². The Hall–Kier alpha value is -2.25. The predicted octanol–water partition coefficient (Wildman–Crippen LogP) is 1.54. The third-order valence-corrected chi connectivity index (χ3v) is 3.94. The number of nitrogen functional groups attached to an aromatic ring is 1. The van der Waals surface area contributed by atoms with Gasteiger partial charge in [0, 0.05) is 6.54 Å². The van der Waals surface area contributed by atoms with E-state index in [1.165, 1.54) is 6.07 Å². The minimum atomic E-state index is -3.76. The second kappa shape index (κ2) is 6.02. The number of sulfonamides is 1. The number of hydrogen-bond acceptors (Lipinski definition) is 5. The summed E-state index contributed by atoms with van der Waals surface area (Å²) in [5.41, 5.74) is 7.71. The summed E-state index contributed by atoms with van der Waals surface area (Å²) in [5.74, 6) is 0.601. The maximum absolute atomic E-state index is 11.5. The summed E-state index contributed by atoms with van der Waals surface area (Å²) in [7, 11) is -2.22. The molecule has 0 spiro atoms. The van der Waals surface area contributed by atoms with E-state index in [9.17, 15) is 8.42 Å². The fourth-order valence-electron chi connectivity index (χ4n) is 1.95. The van der Waals surface area contributed by atoms with Crippen molar-refractivity contribution >= 4 is 21.4 Å². The molecule has 0 amide bonds. The van der Waals surface area contributed by atoms with Gasteiger partial charge in [-0.15, -0.1) is 0 Å². The molecule has 0 aliphatic rings. The molecular weight excluding hydrogens is 290 g/mol. The first-order chi connectivity index (χ1) is 9.91. The Bertz CT molecular complexity index is 745. The van der Waals surface area contributed by atoms with Gasteiger partial charge in [0.25, 0.3) is 0 Å². The fourth-order valence-corrected chi connectivity index (χ4v) is 2.67. The molecule has 0 aromatic heterocycles. The van der Waals surface area contributed by atoms with Crippen molar-refractivity contribution in [3.8, 4) is 5.75 Å². The molecule has 2 aromatic rings. The molecular formula is C14H17N3O3S. The van der Waals surface area contributed by atoms with E-state index in [-0.39, 0.29) is 4.90 Å². The lowest BCUT2D eigenvalue weighted by Gasteiger charge is -2.12. The monoisotopic (exact) mass is 307 g/mol. The molecule has 2 aromatic carbocycles. The zero-order valence-electron chi connectivity index (χ0n) is 11.5. The van der Waals surface area contributed by atoms with E-state index in [4.69, 9.17) is 15.6 Å². The number of nitrogens with one attached hydrogen (secondary N) is 1. The average molecular weight is 307 g/mol. The van der Waals surface area contributed by atoms with Crippen molar-refractivity contribution in [3.05, 3.63) is 48.0 Å². The largest absolute Gasteiger partial charge is 0.495 e. The Morgan fingerprint density at radius 1 is 1.19 bits per heavy atom. The highest BCUT2D eigenvalue weighted by atomic mass is 32.2. The molecule has 0 aliphatic heterocycles. The summed E-state index contributed by atoms with van der Waals surface area (Å²) < 4.78 is 28.1. The van der Waals surface area contributed by atoms with E-state index >= 15 is 0 Å². The molecule has 0 saturated carbocycles. The van der Waals surface area contributed by atoms with Crippen LogP contribution in [0.1, 0.15) is 5.56 Å². The van der Waals surface area contributed by atoms with Crippen molar-refractivity contribution in [3.63, 3.8) is 0 Å². The quantitative estimate of drug-likeness (QED) is 0.726. The first kappa shape index (κ1) is 15.1. The van der Waals surface area contributed by atoms with E-state index < -0.39 is 10.0 Å². The van der Waals surface area contributed by atoms with Gasteiger partial charge in [0.2, 0.25) is 10.0 Å². The Morgan fingerprint density at radius 3 is 2.52 bits per heavy atom. The van der Waals surface area contributed by atoms with Crippen LogP contribution in [-0.2, 0) is 16.6 Å². The van der Waals surface area contributed by atoms with E-state index in [1.807, 2.05) is 6.07 Å². The van der Waals surface area contributed by atoms with Crippen LogP contribution in [0.15, 0.2) is 47.4 Å². The van der Waals surface area contributed by atoms with Crippen LogP contribution in [-0.4, -0.2) is 15.5 Å². The van der Waals surface area contributed by atoms with Crippen molar-refractivity contribution < 1.29 is 13.2 Å². The number of benzene rings is 2. The zero-order chi connectivity index (χ0) is 15.5. The van der Waals surface area contributed by atoms with Crippen LogP contribution in [0.2, 0.25) is 0 Å². The number of primary sulfonamides is 1. The van der Waals surface area contributed by atoms with Crippen LogP contribution in [0.5, 0.6) is 5.75 Å². The van der Waals surface area contributed by atoms with E-state index in [0.29, 0.717) is 23.7 Å². The number of anilines is 2. The summed E-state index contributed by atoms with van der Waals surface area (Å²) in [6.45, 7) is 0.417. The van der Waals surface area contributed by atoms with Crippen LogP contribution in [0.3, 0.4) is 0 Å². The molecule has 2 rings (SSSR count). The lowest BCUT2D eigenvalue weighted by atomic mass is 10.2. The highest BCUT2D eigenvalue weighted by molar-refractivity contribution is 7.89. The highest BCUT2D eigenvalue weighted by Gasteiger charge is 2.12. The first-order valence-corrected chi connectivity index (χ1v) is 7.74. The summed E-state index contributed by atoms with van der Waals surface area (Å²) in [5, 5.41) is 8.23. The molecule has 5 N–H and O–H groups in total. The highest BCUT2D eigenvalue weighted by Crippen LogP contribution is 2.24. The molecule has 6 nitrogen and oxygen atoms in total. The summed E-state index contributed by atoms with van der Waals surface area (Å²) >= 11 is 0. The van der Waals surface area contributed by atoms with Gasteiger partial charge in [-0.1, -0.05) is 18.2 Å². The van der Waals surface area contributed by atoms with Gasteiger partial charge < -0.3 is 15.8 Å². The number of ether oxygens (including phenoxy) is 1. The van der Waals surface area contributed by atoms with Gasteiger partial charge in [0.15, 0.2) is 0 Å². The third-order valence-electron chi connectivity index (χ3n) is 2.97. The molecule has 0 saturated heterocycles. The molecule has 21 heavy (non-hydrogen) atoms. The van der Waals surface area contributed by atoms with E-state index in [0.717, 1.165) is 5.56 Å². The van der Waals surface area contributed by atoms with E-state index in [1.54, 1.807) is 37.4 Å². The number of rotatable bonds is 5. The van der Waals surface area contributed by atoms with Gasteiger partial charge in [-0.05, 0) is 29.8 Å². The zero-order valence-corrected chi connectivity index (χ0v) is 12.4. The normalized spacial score (nSPS) is 11.1. The number of nitrogens with two attached hydrogens (primary N) is 2. The maximum atomic E-state index is 11.5. The van der Waals surface area contributed by atoms with Crippen LogP contribution in [0.25, 0.3) is 0 Å². The fraction of sp³-hybridized carbons (Fsp3) is 0.143. The molecule has 0 fully saturated rings. The number of para-hydroxylation sites is 1. The van der Waals surface area contributed by atoms with Gasteiger partial charge in [-0.2, -0.15) is 0 Å². The van der Waals surface area contributed by atoms with Gasteiger partial charge >= 0.3 is 0 Å². The Kier molecular flexibility index (Phi) is 4.35. The molecule has 0 unspecified atom stereocenters. The van der Waals surface area contributed by atoms with Gasteiger partial charge in [-0.3, -0.25) is 0 Å². The molecule has 0 radical (unpaired) electrons. The topological polar surface area (TPSA) is 107 Å². The lowest BCUT2D eigenvalue weighted by molar-refractivity contribution is 0.417. The smallest absolute Gasteiger partial charge is 0.240 e. The molecule has 112 valence electrons. The molecule has 0 atom stereocenters. The second-order valence-electron chi connectivity index (χ2n) is 4.47. The lowest BCUT2D eigenvalue weighted by Crippen LogP contribution is -2.15. The van der Waals surface area contributed by atoms with Crippen LogP contribution in [0, 0.1) is 0 Å². The SMILES string of the molecule is COc1ccc(CNc2ccccc2S(N)(=O)=O)cc1N.